The van der Waals surface area contributed by atoms with Crippen molar-refractivity contribution in [3.05, 3.63) is 87.7 Å². The van der Waals surface area contributed by atoms with E-state index in [-0.39, 0.29) is 6.04 Å². The zero-order valence-corrected chi connectivity index (χ0v) is 15.2. The lowest BCUT2D eigenvalue weighted by molar-refractivity contribution is 0.203. The van der Waals surface area contributed by atoms with E-state index in [2.05, 4.69) is 57.7 Å². The lowest BCUT2D eigenvalue weighted by Gasteiger charge is -2.36. The van der Waals surface area contributed by atoms with Crippen LogP contribution in [0.4, 0.5) is 0 Å². The van der Waals surface area contributed by atoms with Crippen LogP contribution in [0.15, 0.2) is 66.0 Å². The topological polar surface area (TPSA) is 39.3 Å². The Morgan fingerprint density at radius 2 is 2.00 bits per heavy atom. The number of hydrogen-bond acceptors (Lipinski definition) is 3. The molecule has 3 heterocycles. The van der Waals surface area contributed by atoms with Crippen LogP contribution in [0.2, 0.25) is 0 Å². The molecule has 26 heavy (non-hydrogen) atoms. The van der Waals surface area contributed by atoms with Crippen molar-refractivity contribution in [2.45, 2.75) is 19.0 Å². The molecule has 2 aromatic carbocycles. The molecular weight excluding hydrogens is 340 g/mol. The molecule has 1 aliphatic heterocycles. The summed E-state index contributed by atoms with van der Waals surface area (Å²) in [6.45, 7) is 1.93. The highest BCUT2D eigenvalue weighted by molar-refractivity contribution is 7.09. The van der Waals surface area contributed by atoms with Gasteiger partial charge in [0.1, 0.15) is 5.75 Å². The van der Waals surface area contributed by atoms with Crippen LogP contribution < -0.4 is 0 Å². The Morgan fingerprint density at radius 3 is 2.85 bits per heavy atom. The van der Waals surface area contributed by atoms with Gasteiger partial charge in [-0.2, -0.15) is 0 Å². The van der Waals surface area contributed by atoms with E-state index in [1.807, 2.05) is 12.1 Å². The number of phenolic OH excluding ortho intramolecular Hbond substituents is 1. The lowest BCUT2D eigenvalue weighted by Crippen LogP contribution is -2.35. The standard InChI is InChI=1S/C22H20N2OS/c25-16-6-3-5-15(13-16)22-21-19(18-8-1-2-9-20(18)23-21)10-11-24(22)14-17-7-4-12-26-17/h1-9,12-13,22-23,25H,10-11,14H2. The smallest absolute Gasteiger partial charge is 0.115 e. The van der Waals surface area contributed by atoms with Gasteiger partial charge in [-0.05, 0) is 47.2 Å². The van der Waals surface area contributed by atoms with Crippen molar-refractivity contribution >= 4 is 22.2 Å². The fourth-order valence-corrected chi connectivity index (χ4v) is 4.87. The van der Waals surface area contributed by atoms with E-state index in [9.17, 15) is 5.11 Å². The van der Waals surface area contributed by atoms with Crippen LogP contribution in [-0.4, -0.2) is 21.5 Å². The predicted molar refractivity (Wildman–Crippen MR) is 107 cm³/mol. The maximum Gasteiger partial charge on any atom is 0.115 e. The van der Waals surface area contributed by atoms with E-state index in [1.54, 1.807) is 17.4 Å². The number of phenols is 1. The average molecular weight is 360 g/mol. The summed E-state index contributed by atoms with van der Waals surface area (Å²) in [5.74, 6) is 0.321. The molecule has 0 radical (unpaired) electrons. The molecule has 4 heteroatoms. The van der Waals surface area contributed by atoms with Gasteiger partial charge < -0.3 is 10.1 Å². The van der Waals surface area contributed by atoms with Crippen LogP contribution in [-0.2, 0) is 13.0 Å². The SMILES string of the molecule is Oc1cccc(C2c3[nH]c4ccccc4c3CCN2Cc2cccs2)c1. The Morgan fingerprint density at radius 1 is 1.08 bits per heavy atom. The number of rotatable bonds is 3. The first kappa shape index (κ1) is 15.7. The Kier molecular flexibility index (Phi) is 3.80. The number of fused-ring (bicyclic) bond motifs is 3. The summed E-state index contributed by atoms with van der Waals surface area (Å²) in [5, 5.41) is 13.5. The van der Waals surface area contributed by atoms with Crippen molar-refractivity contribution in [1.29, 1.82) is 0 Å². The summed E-state index contributed by atoms with van der Waals surface area (Å²) in [5.41, 5.74) is 5.01. The lowest BCUT2D eigenvalue weighted by atomic mass is 9.92. The molecule has 5 rings (SSSR count). The summed E-state index contributed by atoms with van der Waals surface area (Å²) >= 11 is 1.80. The second kappa shape index (κ2) is 6.31. The summed E-state index contributed by atoms with van der Waals surface area (Å²) in [6, 6.07) is 20.7. The second-order valence-electron chi connectivity index (χ2n) is 6.86. The minimum absolute atomic E-state index is 0.125. The fourth-order valence-electron chi connectivity index (χ4n) is 4.14. The van der Waals surface area contributed by atoms with Gasteiger partial charge in [0.15, 0.2) is 0 Å². The van der Waals surface area contributed by atoms with Crippen molar-refractivity contribution in [3.63, 3.8) is 0 Å². The first-order chi connectivity index (χ1) is 12.8. The number of aromatic amines is 1. The first-order valence-electron chi connectivity index (χ1n) is 8.94. The molecule has 0 spiro atoms. The number of aromatic hydroxyl groups is 1. The molecule has 0 bridgehead atoms. The largest absolute Gasteiger partial charge is 0.508 e. The molecule has 2 aromatic heterocycles. The van der Waals surface area contributed by atoms with Crippen LogP contribution in [0, 0.1) is 0 Å². The highest BCUT2D eigenvalue weighted by Gasteiger charge is 2.31. The Hall–Kier alpha value is -2.56. The van der Waals surface area contributed by atoms with Crippen LogP contribution in [0.25, 0.3) is 10.9 Å². The monoisotopic (exact) mass is 360 g/mol. The van der Waals surface area contributed by atoms with Crippen molar-refractivity contribution in [2.24, 2.45) is 0 Å². The minimum Gasteiger partial charge on any atom is -0.508 e. The zero-order valence-electron chi connectivity index (χ0n) is 14.4. The molecule has 1 unspecified atom stereocenters. The zero-order chi connectivity index (χ0) is 17.5. The summed E-state index contributed by atoms with van der Waals surface area (Å²) in [7, 11) is 0. The molecule has 130 valence electrons. The van der Waals surface area contributed by atoms with Crippen molar-refractivity contribution in [2.75, 3.05) is 6.54 Å². The number of benzene rings is 2. The van der Waals surface area contributed by atoms with Crippen LogP contribution in [0.3, 0.4) is 0 Å². The normalized spacial score (nSPS) is 17.5. The molecule has 0 saturated heterocycles. The Bertz CT molecular complexity index is 1050. The summed E-state index contributed by atoms with van der Waals surface area (Å²) < 4.78 is 0. The van der Waals surface area contributed by atoms with Crippen molar-refractivity contribution in [1.82, 2.24) is 9.88 Å². The molecule has 1 aliphatic rings. The molecule has 4 aromatic rings. The molecule has 0 aliphatic carbocycles. The predicted octanol–water partition coefficient (Wildman–Crippen LogP) is 5.08. The minimum atomic E-state index is 0.125. The second-order valence-corrected chi connectivity index (χ2v) is 7.89. The van der Waals surface area contributed by atoms with Gasteiger partial charge in [0.05, 0.1) is 6.04 Å². The molecule has 0 fully saturated rings. The first-order valence-corrected chi connectivity index (χ1v) is 9.82. The Labute approximate surface area is 156 Å². The van der Waals surface area contributed by atoms with Gasteiger partial charge in [0.25, 0.3) is 0 Å². The number of nitrogens with zero attached hydrogens (tertiary/aromatic N) is 1. The number of nitrogens with one attached hydrogen (secondary N) is 1. The molecular formula is C22H20N2OS. The quantitative estimate of drug-likeness (QED) is 0.535. The molecule has 3 nitrogen and oxygen atoms in total. The fraction of sp³-hybridized carbons (Fsp3) is 0.182. The number of hydrogen-bond donors (Lipinski definition) is 2. The van der Waals surface area contributed by atoms with Gasteiger partial charge in [-0.25, -0.2) is 0 Å². The van der Waals surface area contributed by atoms with Crippen molar-refractivity contribution in [3.8, 4) is 5.75 Å². The van der Waals surface area contributed by atoms with E-state index in [0.717, 1.165) is 25.1 Å². The third-order valence-electron chi connectivity index (χ3n) is 5.26. The maximum absolute atomic E-state index is 10.0. The van der Waals surface area contributed by atoms with Gasteiger partial charge in [-0.15, -0.1) is 11.3 Å². The highest BCUT2D eigenvalue weighted by Crippen LogP contribution is 2.39. The summed E-state index contributed by atoms with van der Waals surface area (Å²) in [4.78, 5) is 7.56. The molecule has 0 saturated carbocycles. The number of thiophene rings is 1. The van der Waals surface area contributed by atoms with Gasteiger partial charge in [0, 0.05) is 34.6 Å². The number of H-pyrrole nitrogens is 1. The molecule has 2 N–H and O–H groups in total. The van der Waals surface area contributed by atoms with E-state index in [4.69, 9.17) is 0 Å². The van der Waals surface area contributed by atoms with Crippen molar-refractivity contribution < 1.29 is 5.11 Å². The molecule has 1 atom stereocenters. The van der Waals surface area contributed by atoms with Gasteiger partial charge in [-0.1, -0.05) is 36.4 Å². The highest BCUT2D eigenvalue weighted by atomic mass is 32.1. The Balaban J connectivity index is 1.65. The van der Waals surface area contributed by atoms with Crippen LogP contribution in [0.5, 0.6) is 5.75 Å². The van der Waals surface area contributed by atoms with E-state index < -0.39 is 0 Å². The number of aromatic nitrogens is 1. The van der Waals surface area contributed by atoms with Crippen LogP contribution >= 0.6 is 11.3 Å². The number of para-hydroxylation sites is 1. The average Bonchev–Trinajstić information content (AvgIpc) is 3.28. The maximum atomic E-state index is 10.0. The van der Waals surface area contributed by atoms with Gasteiger partial charge in [-0.3, -0.25) is 4.90 Å². The van der Waals surface area contributed by atoms with E-state index in [0.29, 0.717) is 5.75 Å². The van der Waals surface area contributed by atoms with Gasteiger partial charge in [0.2, 0.25) is 0 Å². The molecule has 0 amide bonds. The summed E-state index contributed by atoms with van der Waals surface area (Å²) in [6.07, 6.45) is 1.04. The van der Waals surface area contributed by atoms with E-state index >= 15 is 0 Å². The van der Waals surface area contributed by atoms with Crippen LogP contribution in [0.1, 0.15) is 27.7 Å². The third-order valence-corrected chi connectivity index (χ3v) is 6.12. The van der Waals surface area contributed by atoms with Gasteiger partial charge >= 0.3 is 0 Å². The van der Waals surface area contributed by atoms with E-state index in [1.165, 1.54) is 27.0 Å². The third kappa shape index (κ3) is 2.62.